The Morgan fingerprint density at radius 1 is 1.12 bits per heavy atom. The van der Waals surface area contributed by atoms with E-state index in [1.54, 1.807) is 12.1 Å². The third-order valence-corrected chi connectivity index (χ3v) is 3.74. The Morgan fingerprint density at radius 3 is 2.40 bits per heavy atom. The molecule has 9 nitrogen and oxygen atoms in total. The molecule has 0 bridgehead atoms. The van der Waals surface area contributed by atoms with Crippen LogP contribution in [0.3, 0.4) is 0 Å². The van der Waals surface area contributed by atoms with E-state index < -0.39 is 17.2 Å². The molecule has 3 aromatic rings. The Hall–Kier alpha value is -2.36. The number of ether oxygens (including phenoxy) is 1. The first-order valence-corrected chi connectivity index (χ1v) is 6.95. The standard InChI is InChI=1S/C15H14N4O5.Na.H/c1-17-10-11(18(2)15(23)19(3)12(10)21)16-14(17)24-13(22)8-6-4-5-7-9(8)20;;/h4-7,20H,1-3H3;;/q;+1;-1. The van der Waals surface area contributed by atoms with E-state index in [0.717, 1.165) is 4.57 Å². The number of hydrogen-bond acceptors (Lipinski definition) is 6. The van der Waals surface area contributed by atoms with E-state index in [1.165, 1.54) is 42.4 Å². The van der Waals surface area contributed by atoms with Gasteiger partial charge in [-0.3, -0.25) is 18.5 Å². The van der Waals surface area contributed by atoms with Gasteiger partial charge in [0.05, 0.1) is 0 Å². The molecule has 10 heteroatoms. The van der Waals surface area contributed by atoms with Gasteiger partial charge in [-0.1, -0.05) is 12.1 Å². The number of aromatic nitrogens is 4. The van der Waals surface area contributed by atoms with Gasteiger partial charge in [-0.15, -0.1) is 0 Å². The van der Waals surface area contributed by atoms with Crippen LogP contribution in [0.5, 0.6) is 11.8 Å². The molecule has 0 radical (unpaired) electrons. The van der Waals surface area contributed by atoms with Crippen molar-refractivity contribution in [3.05, 3.63) is 50.7 Å². The molecule has 1 aromatic carbocycles. The number of imidazole rings is 1. The van der Waals surface area contributed by atoms with Crippen molar-refractivity contribution in [2.45, 2.75) is 0 Å². The first-order valence-electron chi connectivity index (χ1n) is 6.95. The Balaban J connectivity index is 0.00000169. The molecule has 0 fully saturated rings. The van der Waals surface area contributed by atoms with Gasteiger partial charge in [0.25, 0.3) is 5.56 Å². The summed E-state index contributed by atoms with van der Waals surface area (Å²) in [5.74, 6) is -1.06. The summed E-state index contributed by atoms with van der Waals surface area (Å²) in [5.41, 5.74) is -0.895. The number of rotatable bonds is 2. The van der Waals surface area contributed by atoms with Crippen molar-refractivity contribution in [1.29, 1.82) is 0 Å². The monoisotopic (exact) mass is 354 g/mol. The van der Waals surface area contributed by atoms with E-state index in [-0.39, 0.29) is 59.5 Å². The maximum absolute atomic E-state index is 12.3. The van der Waals surface area contributed by atoms with Gasteiger partial charge in [-0.2, -0.15) is 4.98 Å². The summed E-state index contributed by atoms with van der Waals surface area (Å²) in [6, 6.07) is 5.74. The van der Waals surface area contributed by atoms with Gasteiger partial charge in [-0.25, -0.2) is 9.59 Å². The molecule has 0 aliphatic rings. The van der Waals surface area contributed by atoms with E-state index >= 15 is 0 Å². The van der Waals surface area contributed by atoms with Crippen LogP contribution in [0.25, 0.3) is 11.2 Å². The third kappa shape index (κ3) is 3.01. The van der Waals surface area contributed by atoms with Crippen molar-refractivity contribution in [2.75, 3.05) is 0 Å². The summed E-state index contributed by atoms with van der Waals surface area (Å²) in [7, 11) is 4.31. The SMILES string of the molecule is Cn1c(=O)c2c(nc(OC(=O)c3ccccc3O)n2C)n(C)c1=O.[H-].[Na+]. The van der Waals surface area contributed by atoms with Crippen LogP contribution < -0.4 is 45.5 Å². The largest absolute Gasteiger partial charge is 1.00 e. The summed E-state index contributed by atoms with van der Waals surface area (Å²) in [5, 5.41) is 9.70. The minimum Gasteiger partial charge on any atom is -1.00 e. The number of fused-ring (bicyclic) bond motifs is 1. The van der Waals surface area contributed by atoms with Crippen molar-refractivity contribution in [1.82, 2.24) is 18.7 Å². The number of para-hydroxylation sites is 1. The summed E-state index contributed by atoms with van der Waals surface area (Å²) in [4.78, 5) is 40.4. The molecule has 0 spiro atoms. The molecule has 2 heterocycles. The first kappa shape index (κ1) is 19.0. The van der Waals surface area contributed by atoms with Crippen LogP contribution in [0, 0.1) is 0 Å². The number of aryl methyl sites for hydroxylation is 2. The van der Waals surface area contributed by atoms with Crippen LogP contribution in [0.2, 0.25) is 0 Å². The molecule has 0 aliphatic carbocycles. The molecule has 0 saturated heterocycles. The quantitative estimate of drug-likeness (QED) is 0.388. The second kappa shape index (κ2) is 6.87. The van der Waals surface area contributed by atoms with Crippen LogP contribution in [-0.4, -0.2) is 29.8 Å². The van der Waals surface area contributed by atoms with Crippen LogP contribution in [0.1, 0.15) is 11.8 Å². The zero-order chi connectivity index (χ0) is 17.6. The molecule has 25 heavy (non-hydrogen) atoms. The predicted molar refractivity (Wildman–Crippen MR) is 85.4 cm³/mol. The third-order valence-electron chi connectivity index (χ3n) is 3.74. The predicted octanol–water partition coefficient (Wildman–Crippen LogP) is -2.99. The number of phenolic OH excluding ortho intramolecular Hbond substituents is 1. The fourth-order valence-corrected chi connectivity index (χ4v) is 2.37. The Labute approximate surface area is 164 Å². The molecule has 0 atom stereocenters. The normalized spacial score (nSPS) is 10.5. The number of benzene rings is 1. The molecule has 1 N–H and O–H groups in total. The van der Waals surface area contributed by atoms with Gasteiger partial charge < -0.3 is 11.3 Å². The van der Waals surface area contributed by atoms with Crippen molar-refractivity contribution in [3.63, 3.8) is 0 Å². The van der Waals surface area contributed by atoms with Gasteiger partial charge in [-0.05, 0) is 12.1 Å². The summed E-state index contributed by atoms with van der Waals surface area (Å²) >= 11 is 0. The average molecular weight is 354 g/mol. The Bertz CT molecular complexity index is 1100. The van der Waals surface area contributed by atoms with Crippen LogP contribution in [0.4, 0.5) is 0 Å². The number of carbonyl (C=O) groups is 1. The van der Waals surface area contributed by atoms with E-state index in [2.05, 4.69) is 4.98 Å². The molecule has 126 valence electrons. The maximum Gasteiger partial charge on any atom is 1.00 e. The van der Waals surface area contributed by atoms with Crippen LogP contribution in [-0.2, 0) is 21.1 Å². The van der Waals surface area contributed by atoms with Gasteiger partial charge >= 0.3 is 47.2 Å². The number of aromatic hydroxyl groups is 1. The van der Waals surface area contributed by atoms with Crippen molar-refractivity contribution < 1.29 is 45.6 Å². The molecule has 0 amide bonds. The Kier molecular flexibility index (Phi) is 5.21. The van der Waals surface area contributed by atoms with Gasteiger partial charge in [0.1, 0.15) is 11.3 Å². The van der Waals surface area contributed by atoms with Gasteiger partial charge in [0, 0.05) is 21.1 Å². The van der Waals surface area contributed by atoms with Crippen molar-refractivity contribution in [3.8, 4) is 11.8 Å². The summed E-state index contributed by atoms with van der Waals surface area (Å²) < 4.78 is 8.59. The summed E-state index contributed by atoms with van der Waals surface area (Å²) in [6.45, 7) is 0. The number of esters is 1. The average Bonchev–Trinajstić information content (AvgIpc) is 2.88. The fraction of sp³-hybridized carbons (Fsp3) is 0.200. The van der Waals surface area contributed by atoms with E-state index in [1.807, 2.05) is 0 Å². The molecule has 2 aromatic heterocycles. The van der Waals surface area contributed by atoms with E-state index in [9.17, 15) is 19.5 Å². The van der Waals surface area contributed by atoms with Crippen LogP contribution >= 0.6 is 0 Å². The van der Waals surface area contributed by atoms with Crippen LogP contribution in [0.15, 0.2) is 33.9 Å². The van der Waals surface area contributed by atoms with Crippen molar-refractivity contribution >= 4 is 17.1 Å². The number of hydrogen-bond donors (Lipinski definition) is 1. The topological polar surface area (TPSA) is 108 Å². The maximum atomic E-state index is 12.3. The number of nitrogens with zero attached hydrogens (tertiary/aromatic N) is 4. The first-order chi connectivity index (χ1) is 11.3. The number of carbonyl (C=O) groups excluding carboxylic acids is 1. The van der Waals surface area contributed by atoms with Gasteiger partial charge in [0.2, 0.25) is 0 Å². The molecular weight excluding hydrogens is 339 g/mol. The zero-order valence-electron chi connectivity index (χ0n) is 15.2. The zero-order valence-corrected chi connectivity index (χ0v) is 16.2. The second-order valence-electron chi connectivity index (χ2n) is 5.24. The second-order valence-corrected chi connectivity index (χ2v) is 5.24. The summed E-state index contributed by atoms with van der Waals surface area (Å²) in [6.07, 6.45) is 0. The molecule has 0 saturated carbocycles. The minimum absolute atomic E-state index is 0. The van der Waals surface area contributed by atoms with Gasteiger partial charge in [0.15, 0.2) is 11.2 Å². The molecule has 0 unspecified atom stereocenters. The minimum atomic E-state index is -0.826. The Morgan fingerprint density at radius 2 is 1.76 bits per heavy atom. The smallest absolute Gasteiger partial charge is 1.00 e. The fourth-order valence-electron chi connectivity index (χ4n) is 2.37. The van der Waals surface area contributed by atoms with E-state index in [0.29, 0.717) is 0 Å². The molecular formula is C15H15N4NaO5. The van der Waals surface area contributed by atoms with E-state index in [4.69, 9.17) is 4.74 Å². The number of phenols is 1. The molecule has 0 aliphatic heterocycles. The molecule has 3 rings (SSSR count). The van der Waals surface area contributed by atoms with Crippen molar-refractivity contribution in [2.24, 2.45) is 21.1 Å².